The van der Waals surface area contributed by atoms with Crippen LogP contribution in [0.2, 0.25) is 0 Å². The lowest BCUT2D eigenvalue weighted by Crippen LogP contribution is -2.36. The van der Waals surface area contributed by atoms with Crippen molar-refractivity contribution in [3.8, 4) is 0 Å². The predicted molar refractivity (Wildman–Crippen MR) is 56.6 cm³/mol. The van der Waals surface area contributed by atoms with Crippen molar-refractivity contribution in [2.45, 2.75) is 26.1 Å². The van der Waals surface area contributed by atoms with Crippen molar-refractivity contribution in [3.05, 3.63) is 12.2 Å². The quantitative estimate of drug-likeness (QED) is 0.510. The number of carboxylic acid groups (broad SMARTS) is 1. The minimum Gasteiger partial charge on any atom is -0.478 e. The van der Waals surface area contributed by atoms with E-state index in [1.807, 2.05) is 0 Å². The van der Waals surface area contributed by atoms with Gasteiger partial charge in [-0.3, -0.25) is 4.90 Å². The summed E-state index contributed by atoms with van der Waals surface area (Å²) in [7, 11) is 0. The van der Waals surface area contributed by atoms with Crippen molar-refractivity contribution in [1.82, 2.24) is 4.90 Å². The summed E-state index contributed by atoms with van der Waals surface area (Å²) in [5, 5.41) is 26.7. The van der Waals surface area contributed by atoms with Gasteiger partial charge in [0.25, 0.3) is 0 Å². The van der Waals surface area contributed by atoms with Gasteiger partial charge < -0.3 is 15.3 Å². The second-order valence-electron chi connectivity index (χ2n) is 3.66. The molecule has 15 heavy (non-hydrogen) atoms. The van der Waals surface area contributed by atoms with Crippen molar-refractivity contribution in [2.24, 2.45) is 0 Å². The number of hydrogen-bond donors (Lipinski definition) is 3. The molecule has 3 N–H and O–H groups in total. The highest BCUT2D eigenvalue weighted by Gasteiger charge is 2.09. The van der Waals surface area contributed by atoms with E-state index in [9.17, 15) is 15.0 Å². The van der Waals surface area contributed by atoms with Gasteiger partial charge in [-0.15, -0.1) is 0 Å². The van der Waals surface area contributed by atoms with Gasteiger partial charge in [-0.25, -0.2) is 4.79 Å². The van der Waals surface area contributed by atoms with Gasteiger partial charge in [0.15, 0.2) is 0 Å². The maximum atomic E-state index is 10.2. The summed E-state index contributed by atoms with van der Waals surface area (Å²) in [6.45, 7) is 4.53. The van der Waals surface area contributed by atoms with Gasteiger partial charge in [0.05, 0.1) is 12.2 Å². The summed E-state index contributed by atoms with van der Waals surface area (Å²) in [6, 6.07) is 0. The number of aliphatic carboxylic acids is 1. The first-order valence-electron chi connectivity index (χ1n) is 4.89. The molecule has 5 nitrogen and oxygen atoms in total. The first kappa shape index (κ1) is 14.1. The van der Waals surface area contributed by atoms with Crippen molar-refractivity contribution >= 4 is 5.97 Å². The number of nitrogens with zero attached hydrogens (tertiary/aromatic N) is 1. The van der Waals surface area contributed by atoms with Gasteiger partial charge in [0.2, 0.25) is 0 Å². The van der Waals surface area contributed by atoms with Crippen LogP contribution < -0.4 is 0 Å². The van der Waals surface area contributed by atoms with Crippen LogP contribution in [0.25, 0.3) is 0 Å². The van der Waals surface area contributed by atoms with E-state index in [2.05, 4.69) is 0 Å². The third-order valence-electron chi connectivity index (χ3n) is 1.67. The maximum Gasteiger partial charge on any atom is 0.328 e. The molecule has 0 aromatic rings. The Bertz CT molecular complexity index is 203. The van der Waals surface area contributed by atoms with Crippen LogP contribution in [0.15, 0.2) is 12.2 Å². The zero-order valence-electron chi connectivity index (χ0n) is 9.13. The van der Waals surface area contributed by atoms with E-state index in [0.29, 0.717) is 19.6 Å². The van der Waals surface area contributed by atoms with Crippen molar-refractivity contribution in [1.29, 1.82) is 0 Å². The molecule has 0 amide bonds. The smallest absolute Gasteiger partial charge is 0.328 e. The molecule has 88 valence electrons. The van der Waals surface area contributed by atoms with Crippen LogP contribution in [0.4, 0.5) is 0 Å². The molecule has 0 spiro atoms. The van der Waals surface area contributed by atoms with E-state index >= 15 is 0 Å². The predicted octanol–water partition coefficient (Wildman–Crippen LogP) is -0.309. The van der Waals surface area contributed by atoms with Gasteiger partial charge in [-0.2, -0.15) is 0 Å². The standard InChI is InChI=1S/C10H19NO4/c1-8(12)6-11(7-9(2)13)5-3-4-10(14)15/h3-4,8-9,12-13H,5-7H2,1-2H3,(H,14,15)/b4-3+. The first-order valence-corrected chi connectivity index (χ1v) is 4.89. The Labute approximate surface area is 89.6 Å². The van der Waals surface area contributed by atoms with Crippen LogP contribution in [0.1, 0.15) is 13.8 Å². The molecule has 0 bridgehead atoms. The minimum absolute atomic E-state index is 0.405. The largest absolute Gasteiger partial charge is 0.478 e. The number of hydrogen-bond acceptors (Lipinski definition) is 4. The third kappa shape index (κ3) is 9.40. The molecule has 0 saturated carbocycles. The fraction of sp³-hybridized carbons (Fsp3) is 0.700. The molecule has 0 aliphatic heterocycles. The summed E-state index contributed by atoms with van der Waals surface area (Å²) in [4.78, 5) is 12.0. The fourth-order valence-electron chi connectivity index (χ4n) is 1.27. The highest BCUT2D eigenvalue weighted by atomic mass is 16.4. The van der Waals surface area contributed by atoms with Gasteiger partial charge in [-0.1, -0.05) is 6.08 Å². The third-order valence-corrected chi connectivity index (χ3v) is 1.67. The molecule has 0 radical (unpaired) electrons. The van der Waals surface area contributed by atoms with Crippen LogP contribution in [-0.2, 0) is 4.79 Å². The first-order chi connectivity index (χ1) is 6.91. The van der Waals surface area contributed by atoms with Crippen molar-refractivity contribution in [2.75, 3.05) is 19.6 Å². The SMILES string of the molecule is CC(O)CN(C/C=C/C(=O)O)CC(C)O. The molecule has 0 aromatic heterocycles. The lowest BCUT2D eigenvalue weighted by molar-refractivity contribution is -0.131. The van der Waals surface area contributed by atoms with Crippen LogP contribution in [0.5, 0.6) is 0 Å². The monoisotopic (exact) mass is 217 g/mol. The highest BCUT2D eigenvalue weighted by molar-refractivity contribution is 5.79. The van der Waals surface area contributed by atoms with E-state index in [4.69, 9.17) is 5.11 Å². The molecule has 0 aliphatic carbocycles. The molecule has 0 heterocycles. The van der Waals surface area contributed by atoms with Crippen LogP contribution in [-0.4, -0.2) is 58.0 Å². The van der Waals surface area contributed by atoms with Gasteiger partial charge in [-0.05, 0) is 13.8 Å². The lowest BCUT2D eigenvalue weighted by atomic mass is 10.3. The summed E-state index contributed by atoms with van der Waals surface area (Å²) in [5.41, 5.74) is 0. The summed E-state index contributed by atoms with van der Waals surface area (Å²) >= 11 is 0. The van der Waals surface area contributed by atoms with Crippen molar-refractivity contribution < 1.29 is 20.1 Å². The number of aliphatic hydroxyl groups excluding tert-OH is 2. The number of carbonyl (C=O) groups is 1. The molecular formula is C10H19NO4. The Hall–Kier alpha value is -0.910. The van der Waals surface area contributed by atoms with Gasteiger partial charge in [0.1, 0.15) is 0 Å². The van der Waals surface area contributed by atoms with Crippen molar-refractivity contribution in [3.63, 3.8) is 0 Å². The topological polar surface area (TPSA) is 81.0 Å². The van der Waals surface area contributed by atoms with E-state index in [1.54, 1.807) is 18.7 Å². The molecule has 2 unspecified atom stereocenters. The zero-order chi connectivity index (χ0) is 11.8. The van der Waals surface area contributed by atoms with E-state index in [1.165, 1.54) is 6.08 Å². The average molecular weight is 217 g/mol. The molecule has 0 saturated heterocycles. The number of rotatable bonds is 7. The second-order valence-corrected chi connectivity index (χ2v) is 3.66. The Kier molecular flexibility index (Phi) is 6.94. The Morgan fingerprint density at radius 1 is 1.27 bits per heavy atom. The Morgan fingerprint density at radius 3 is 2.07 bits per heavy atom. The van der Waals surface area contributed by atoms with Crippen LogP contribution >= 0.6 is 0 Å². The number of aliphatic hydroxyl groups is 2. The molecule has 2 atom stereocenters. The lowest BCUT2D eigenvalue weighted by Gasteiger charge is -2.23. The van der Waals surface area contributed by atoms with Crippen LogP contribution in [0.3, 0.4) is 0 Å². The second kappa shape index (κ2) is 7.39. The zero-order valence-corrected chi connectivity index (χ0v) is 9.13. The summed E-state index contributed by atoms with van der Waals surface area (Å²) in [6.07, 6.45) is 1.55. The van der Waals surface area contributed by atoms with E-state index < -0.39 is 18.2 Å². The van der Waals surface area contributed by atoms with E-state index in [-0.39, 0.29) is 0 Å². The Balaban J connectivity index is 4.06. The average Bonchev–Trinajstić information content (AvgIpc) is 2.00. The molecule has 0 aromatic carbocycles. The highest BCUT2D eigenvalue weighted by Crippen LogP contribution is 1.96. The fourth-order valence-corrected chi connectivity index (χ4v) is 1.27. The Morgan fingerprint density at radius 2 is 1.73 bits per heavy atom. The minimum atomic E-state index is -0.996. The molecule has 5 heteroatoms. The maximum absolute atomic E-state index is 10.2. The normalized spacial score (nSPS) is 15.8. The molecular weight excluding hydrogens is 198 g/mol. The molecule has 0 rings (SSSR count). The van der Waals surface area contributed by atoms with Crippen LogP contribution in [0, 0.1) is 0 Å². The molecule has 0 fully saturated rings. The molecule has 0 aliphatic rings. The van der Waals surface area contributed by atoms with E-state index in [0.717, 1.165) is 6.08 Å². The summed E-state index contributed by atoms with van der Waals surface area (Å²) in [5.74, 6) is -0.996. The van der Waals surface area contributed by atoms with Gasteiger partial charge >= 0.3 is 5.97 Å². The summed E-state index contributed by atoms with van der Waals surface area (Å²) < 4.78 is 0. The number of carboxylic acids is 1. The van der Waals surface area contributed by atoms with Gasteiger partial charge in [0, 0.05) is 25.7 Å².